The molecule has 2 aromatic rings. The van der Waals surface area contributed by atoms with Crippen molar-refractivity contribution in [1.29, 1.82) is 5.26 Å². The zero-order valence-corrected chi connectivity index (χ0v) is 17.3. The number of aryl methyl sites for hydroxylation is 1. The van der Waals surface area contributed by atoms with Crippen molar-refractivity contribution in [2.45, 2.75) is 39.2 Å². The number of carbonyl (C=O) groups is 2. The molecule has 0 aliphatic carbocycles. The predicted octanol–water partition coefficient (Wildman–Crippen LogP) is 2.63. The van der Waals surface area contributed by atoms with Crippen LogP contribution in [0.2, 0.25) is 0 Å². The van der Waals surface area contributed by atoms with E-state index in [-0.39, 0.29) is 30.3 Å². The number of furan rings is 1. The van der Waals surface area contributed by atoms with Crippen LogP contribution < -0.4 is 10.6 Å². The Morgan fingerprint density at radius 1 is 1.31 bits per heavy atom. The number of carbonyl (C=O) groups excluding carboxylic acids is 2. The Kier molecular flexibility index (Phi) is 6.09. The summed E-state index contributed by atoms with van der Waals surface area (Å²) < 4.78 is 7.44. The summed E-state index contributed by atoms with van der Waals surface area (Å²) >= 11 is 0. The van der Waals surface area contributed by atoms with Crippen molar-refractivity contribution < 1.29 is 14.0 Å². The number of amides is 2. The standard InChI is InChI=1S/C21H27N5O3/c1-13-14(2)29-21(15(13)11-22)24-19(27)12-26-10-6-5-7-17(26)16-8-9-18(25(16)4)20(28)23-3/h8-9,17H,5-7,10,12H2,1-4H3,(H,23,28)(H,24,27)/t17-/m1/s1. The van der Waals surface area contributed by atoms with E-state index < -0.39 is 0 Å². The van der Waals surface area contributed by atoms with Crippen LogP contribution in [0, 0.1) is 25.2 Å². The molecule has 0 unspecified atom stereocenters. The van der Waals surface area contributed by atoms with Gasteiger partial charge in [-0.1, -0.05) is 6.42 Å². The van der Waals surface area contributed by atoms with Gasteiger partial charge in [-0.25, -0.2) is 0 Å². The first-order chi connectivity index (χ1) is 13.9. The first kappa shape index (κ1) is 20.7. The summed E-state index contributed by atoms with van der Waals surface area (Å²) in [4.78, 5) is 26.9. The van der Waals surface area contributed by atoms with E-state index in [2.05, 4.69) is 21.6 Å². The normalized spacial score (nSPS) is 17.0. The number of aromatic nitrogens is 1. The molecular formula is C21H27N5O3. The predicted molar refractivity (Wildman–Crippen MR) is 108 cm³/mol. The smallest absolute Gasteiger partial charge is 0.267 e. The third-order valence-corrected chi connectivity index (χ3v) is 5.67. The van der Waals surface area contributed by atoms with Gasteiger partial charge in [0.15, 0.2) is 0 Å². The third-order valence-electron chi connectivity index (χ3n) is 5.67. The molecule has 2 amide bonds. The number of rotatable bonds is 5. The molecule has 2 aromatic heterocycles. The van der Waals surface area contributed by atoms with E-state index in [0.29, 0.717) is 17.0 Å². The first-order valence-corrected chi connectivity index (χ1v) is 9.79. The second-order valence-corrected chi connectivity index (χ2v) is 7.41. The molecule has 1 aliphatic heterocycles. The molecule has 0 bridgehead atoms. The summed E-state index contributed by atoms with van der Waals surface area (Å²) in [6, 6.07) is 5.91. The Morgan fingerprint density at radius 3 is 2.76 bits per heavy atom. The maximum Gasteiger partial charge on any atom is 0.267 e. The van der Waals surface area contributed by atoms with Crippen molar-refractivity contribution in [1.82, 2.24) is 14.8 Å². The van der Waals surface area contributed by atoms with E-state index in [1.807, 2.05) is 23.7 Å². The van der Waals surface area contributed by atoms with Crippen LogP contribution >= 0.6 is 0 Å². The molecule has 29 heavy (non-hydrogen) atoms. The van der Waals surface area contributed by atoms with E-state index in [1.54, 1.807) is 20.9 Å². The number of hydrogen-bond acceptors (Lipinski definition) is 5. The molecule has 8 nitrogen and oxygen atoms in total. The SMILES string of the molecule is CNC(=O)c1ccc([C@H]2CCCCN2CC(=O)Nc2oc(C)c(C)c2C#N)n1C. The van der Waals surface area contributed by atoms with Gasteiger partial charge in [0.1, 0.15) is 23.1 Å². The van der Waals surface area contributed by atoms with E-state index in [4.69, 9.17) is 4.42 Å². The summed E-state index contributed by atoms with van der Waals surface area (Å²) in [7, 11) is 3.49. The molecule has 3 heterocycles. The van der Waals surface area contributed by atoms with Gasteiger partial charge in [-0.15, -0.1) is 0 Å². The zero-order valence-electron chi connectivity index (χ0n) is 17.3. The quantitative estimate of drug-likeness (QED) is 0.807. The summed E-state index contributed by atoms with van der Waals surface area (Å²) in [5.41, 5.74) is 2.71. The van der Waals surface area contributed by atoms with Crippen LogP contribution in [-0.4, -0.2) is 41.4 Å². The average Bonchev–Trinajstić information content (AvgIpc) is 3.21. The fourth-order valence-electron chi connectivity index (χ4n) is 3.93. The Hall–Kier alpha value is -3.05. The molecule has 1 saturated heterocycles. The van der Waals surface area contributed by atoms with E-state index in [0.717, 1.165) is 37.1 Å². The average molecular weight is 397 g/mol. The number of hydrogen-bond donors (Lipinski definition) is 2. The van der Waals surface area contributed by atoms with Crippen molar-refractivity contribution in [3.05, 3.63) is 40.4 Å². The Balaban J connectivity index is 1.76. The largest absolute Gasteiger partial charge is 0.444 e. The topological polar surface area (TPSA) is 103 Å². The lowest BCUT2D eigenvalue weighted by molar-refractivity contribution is -0.118. The second-order valence-electron chi connectivity index (χ2n) is 7.41. The maximum atomic E-state index is 12.7. The van der Waals surface area contributed by atoms with Crippen LogP contribution in [-0.2, 0) is 11.8 Å². The Morgan fingerprint density at radius 2 is 2.07 bits per heavy atom. The van der Waals surface area contributed by atoms with Crippen LogP contribution in [0.25, 0.3) is 0 Å². The highest BCUT2D eigenvalue weighted by Gasteiger charge is 2.29. The van der Waals surface area contributed by atoms with Gasteiger partial charge in [0.25, 0.3) is 5.91 Å². The van der Waals surface area contributed by atoms with Crippen molar-refractivity contribution in [3.63, 3.8) is 0 Å². The zero-order chi connectivity index (χ0) is 21.1. The molecule has 1 aliphatic rings. The molecule has 3 rings (SSSR count). The van der Waals surface area contributed by atoms with Crippen LogP contribution in [0.15, 0.2) is 16.5 Å². The minimum atomic E-state index is -0.220. The molecule has 0 spiro atoms. The maximum absolute atomic E-state index is 12.7. The van der Waals surface area contributed by atoms with Crippen molar-refractivity contribution in [3.8, 4) is 6.07 Å². The van der Waals surface area contributed by atoms with Crippen LogP contribution in [0.4, 0.5) is 5.88 Å². The molecule has 1 fully saturated rings. The Labute approximate surface area is 170 Å². The number of nitrogens with zero attached hydrogens (tertiary/aromatic N) is 3. The highest BCUT2D eigenvalue weighted by molar-refractivity contribution is 5.93. The third kappa shape index (κ3) is 4.05. The number of anilines is 1. The Bertz CT molecular complexity index is 966. The van der Waals surface area contributed by atoms with Crippen molar-refractivity contribution in [2.24, 2.45) is 7.05 Å². The lowest BCUT2D eigenvalue weighted by atomic mass is 9.99. The molecule has 0 aromatic carbocycles. The van der Waals surface area contributed by atoms with Gasteiger partial charge in [0, 0.05) is 25.4 Å². The number of piperidine rings is 1. The van der Waals surface area contributed by atoms with Gasteiger partial charge in [0.2, 0.25) is 11.8 Å². The number of nitrogens with one attached hydrogen (secondary N) is 2. The summed E-state index contributed by atoms with van der Waals surface area (Å²) in [6.45, 7) is 4.55. The van der Waals surface area contributed by atoms with E-state index in [9.17, 15) is 14.9 Å². The second kappa shape index (κ2) is 8.53. The summed E-state index contributed by atoms with van der Waals surface area (Å²) in [5.74, 6) is 0.481. The first-order valence-electron chi connectivity index (χ1n) is 9.79. The molecule has 0 radical (unpaired) electrons. The van der Waals surface area contributed by atoms with E-state index >= 15 is 0 Å². The van der Waals surface area contributed by atoms with Gasteiger partial charge in [-0.05, 0) is 45.4 Å². The summed E-state index contributed by atoms with van der Waals surface area (Å²) in [5, 5.41) is 14.7. The van der Waals surface area contributed by atoms with Gasteiger partial charge in [-0.2, -0.15) is 5.26 Å². The summed E-state index contributed by atoms with van der Waals surface area (Å²) in [6.07, 6.45) is 3.00. The molecule has 8 heteroatoms. The van der Waals surface area contributed by atoms with Crippen LogP contribution in [0.1, 0.15) is 58.4 Å². The fraction of sp³-hybridized carbons (Fsp3) is 0.476. The lowest BCUT2D eigenvalue weighted by Crippen LogP contribution is -2.40. The monoisotopic (exact) mass is 397 g/mol. The van der Waals surface area contributed by atoms with Crippen LogP contribution in [0.5, 0.6) is 0 Å². The highest BCUT2D eigenvalue weighted by atomic mass is 16.4. The minimum absolute atomic E-state index is 0.0495. The molecule has 1 atom stereocenters. The molecule has 2 N–H and O–H groups in total. The molecule has 0 saturated carbocycles. The van der Waals surface area contributed by atoms with Gasteiger partial charge >= 0.3 is 0 Å². The lowest BCUT2D eigenvalue weighted by Gasteiger charge is -2.35. The van der Waals surface area contributed by atoms with Gasteiger partial charge in [-0.3, -0.25) is 19.8 Å². The number of nitriles is 1. The van der Waals surface area contributed by atoms with E-state index in [1.165, 1.54) is 0 Å². The van der Waals surface area contributed by atoms with Crippen LogP contribution in [0.3, 0.4) is 0 Å². The molecular weight excluding hydrogens is 370 g/mol. The molecule has 154 valence electrons. The van der Waals surface area contributed by atoms with Gasteiger partial charge in [0.05, 0.1) is 12.6 Å². The van der Waals surface area contributed by atoms with Crippen molar-refractivity contribution in [2.75, 3.05) is 25.5 Å². The van der Waals surface area contributed by atoms with Gasteiger partial charge < -0.3 is 14.3 Å². The minimum Gasteiger partial charge on any atom is -0.444 e. The number of likely N-dealkylation sites (tertiary alicyclic amines) is 1. The van der Waals surface area contributed by atoms with Crippen molar-refractivity contribution >= 4 is 17.7 Å². The highest BCUT2D eigenvalue weighted by Crippen LogP contribution is 2.32. The fourth-order valence-corrected chi connectivity index (χ4v) is 3.93.